The van der Waals surface area contributed by atoms with Crippen LogP contribution in [0.4, 0.5) is 0 Å². The van der Waals surface area contributed by atoms with Crippen molar-refractivity contribution in [3.63, 3.8) is 0 Å². The number of likely N-dealkylation sites (tertiary alicyclic amines) is 2. The van der Waals surface area contributed by atoms with Gasteiger partial charge in [-0.25, -0.2) is 0 Å². The van der Waals surface area contributed by atoms with Crippen molar-refractivity contribution in [3.8, 4) is 0 Å². The molecule has 2 aromatic rings. The number of carbonyl (C=O) groups is 2. The van der Waals surface area contributed by atoms with Crippen LogP contribution < -0.4 is 0 Å². The molecule has 2 aliphatic heterocycles. The van der Waals surface area contributed by atoms with Crippen molar-refractivity contribution in [1.29, 1.82) is 0 Å². The van der Waals surface area contributed by atoms with Gasteiger partial charge in [0, 0.05) is 60.6 Å². The van der Waals surface area contributed by atoms with Gasteiger partial charge < -0.3 is 9.80 Å². The van der Waals surface area contributed by atoms with Crippen molar-refractivity contribution < 1.29 is 9.59 Å². The van der Waals surface area contributed by atoms with Crippen molar-refractivity contribution in [3.05, 3.63) is 61.8 Å². The first-order valence-electron chi connectivity index (χ1n) is 12.9. The number of rotatable bonds is 3. The van der Waals surface area contributed by atoms with E-state index in [0.717, 1.165) is 73.6 Å². The second-order valence-electron chi connectivity index (χ2n) is 10.4. The Hall–Kier alpha value is -1.73. The van der Waals surface area contributed by atoms with Crippen LogP contribution in [0.5, 0.6) is 0 Å². The second kappa shape index (κ2) is 10.7. The Kier molecular flexibility index (Phi) is 7.63. The van der Waals surface area contributed by atoms with Crippen LogP contribution in [0.15, 0.2) is 39.4 Å². The maximum atomic E-state index is 13.1. The number of nitrogens with zero attached hydrogens (tertiary/aromatic N) is 3. The standard InChI is InChI=1S/C28H33Br2N3O2/c1-18(34)32-11-6-19(7-12-32)15-25(35)33-13-8-20(9-14-33)27-26-22(16-23(29)17-24(26)30)5-4-21-3-2-10-31-28(21)27/h2-3,10,16-17,19-20,27H,4-9,11-15H2,1H3. The van der Waals surface area contributed by atoms with Crippen LogP contribution in [-0.4, -0.2) is 52.8 Å². The summed E-state index contributed by atoms with van der Waals surface area (Å²) in [6, 6.07) is 8.73. The number of hydrogen-bond donors (Lipinski definition) is 0. The van der Waals surface area contributed by atoms with E-state index in [4.69, 9.17) is 4.98 Å². The van der Waals surface area contributed by atoms with E-state index in [2.05, 4.69) is 61.0 Å². The topological polar surface area (TPSA) is 53.5 Å². The maximum absolute atomic E-state index is 13.1. The lowest BCUT2D eigenvalue weighted by atomic mass is 9.76. The molecule has 0 radical (unpaired) electrons. The van der Waals surface area contributed by atoms with Crippen molar-refractivity contribution in [2.45, 2.75) is 57.8 Å². The van der Waals surface area contributed by atoms with Gasteiger partial charge in [-0.3, -0.25) is 14.6 Å². The average Bonchev–Trinajstić information content (AvgIpc) is 3.02. The maximum Gasteiger partial charge on any atom is 0.222 e. The first-order chi connectivity index (χ1) is 16.9. The summed E-state index contributed by atoms with van der Waals surface area (Å²) in [5.74, 6) is 1.54. The van der Waals surface area contributed by atoms with E-state index >= 15 is 0 Å². The first kappa shape index (κ1) is 24.9. The molecular weight excluding hydrogens is 570 g/mol. The number of fused-ring (bicyclic) bond motifs is 2. The normalized spacial score (nSPS) is 21.3. The van der Waals surface area contributed by atoms with Gasteiger partial charge in [-0.05, 0) is 85.3 Å². The molecule has 186 valence electrons. The second-order valence-corrected chi connectivity index (χ2v) is 12.1. The summed E-state index contributed by atoms with van der Waals surface area (Å²) in [4.78, 5) is 33.6. The molecule has 0 saturated carbocycles. The third-order valence-corrected chi connectivity index (χ3v) is 9.38. The van der Waals surface area contributed by atoms with Gasteiger partial charge in [-0.1, -0.05) is 37.9 Å². The van der Waals surface area contributed by atoms with Gasteiger partial charge in [0.15, 0.2) is 0 Å². The zero-order chi connectivity index (χ0) is 24.5. The molecule has 0 bridgehead atoms. The Bertz CT molecular complexity index is 1110. The third kappa shape index (κ3) is 5.36. The Balaban J connectivity index is 1.29. The largest absolute Gasteiger partial charge is 0.343 e. The van der Waals surface area contributed by atoms with Gasteiger partial charge in [0.25, 0.3) is 0 Å². The van der Waals surface area contributed by atoms with Crippen molar-refractivity contribution in [2.75, 3.05) is 26.2 Å². The fourth-order valence-electron chi connectivity index (χ4n) is 6.31. The van der Waals surface area contributed by atoms with Gasteiger partial charge in [-0.15, -0.1) is 0 Å². The monoisotopic (exact) mass is 601 g/mol. The lowest BCUT2D eigenvalue weighted by Crippen LogP contribution is -2.42. The molecule has 1 aromatic carbocycles. The quantitative estimate of drug-likeness (QED) is 0.451. The third-order valence-electron chi connectivity index (χ3n) is 8.26. The number of piperidine rings is 2. The highest BCUT2D eigenvalue weighted by atomic mass is 79.9. The molecule has 3 heterocycles. The Morgan fingerprint density at radius 3 is 2.37 bits per heavy atom. The predicted molar refractivity (Wildman–Crippen MR) is 144 cm³/mol. The SMILES string of the molecule is CC(=O)N1CCC(CC(=O)N2CCC(C3c4ncccc4CCc4cc(Br)cc(Br)c43)CC2)CC1. The van der Waals surface area contributed by atoms with Crippen molar-refractivity contribution in [2.24, 2.45) is 11.8 Å². The van der Waals surface area contributed by atoms with Gasteiger partial charge in [0.05, 0.1) is 5.69 Å². The van der Waals surface area contributed by atoms with Crippen LogP contribution in [0, 0.1) is 11.8 Å². The molecule has 1 aromatic heterocycles. The molecule has 2 amide bonds. The van der Waals surface area contributed by atoms with E-state index < -0.39 is 0 Å². The van der Waals surface area contributed by atoms with E-state index in [0.29, 0.717) is 18.3 Å². The number of amides is 2. The lowest BCUT2D eigenvalue weighted by molar-refractivity contribution is -0.134. The first-order valence-corrected chi connectivity index (χ1v) is 14.4. The molecule has 2 saturated heterocycles. The Labute approximate surface area is 224 Å². The van der Waals surface area contributed by atoms with Crippen LogP contribution in [0.1, 0.15) is 67.3 Å². The summed E-state index contributed by atoms with van der Waals surface area (Å²) in [7, 11) is 0. The highest BCUT2D eigenvalue weighted by molar-refractivity contribution is 9.11. The molecule has 1 unspecified atom stereocenters. The van der Waals surface area contributed by atoms with Crippen LogP contribution in [-0.2, 0) is 22.4 Å². The molecular formula is C28H33Br2N3O2. The smallest absolute Gasteiger partial charge is 0.222 e. The van der Waals surface area contributed by atoms with E-state index in [-0.39, 0.29) is 17.7 Å². The van der Waals surface area contributed by atoms with E-state index in [1.54, 1.807) is 6.92 Å². The van der Waals surface area contributed by atoms with Crippen molar-refractivity contribution in [1.82, 2.24) is 14.8 Å². The molecule has 5 nitrogen and oxygen atoms in total. The highest BCUT2D eigenvalue weighted by Crippen LogP contribution is 2.45. The van der Waals surface area contributed by atoms with E-state index in [1.165, 1.54) is 22.4 Å². The van der Waals surface area contributed by atoms with Crippen LogP contribution in [0.3, 0.4) is 0 Å². The predicted octanol–water partition coefficient (Wildman–Crippen LogP) is 5.72. The molecule has 5 rings (SSSR count). The number of pyridine rings is 1. The van der Waals surface area contributed by atoms with Gasteiger partial charge >= 0.3 is 0 Å². The fraction of sp³-hybridized carbons (Fsp3) is 0.536. The van der Waals surface area contributed by atoms with Gasteiger partial charge in [0.2, 0.25) is 11.8 Å². The molecule has 3 aliphatic rings. The number of benzene rings is 1. The van der Waals surface area contributed by atoms with E-state index in [9.17, 15) is 9.59 Å². The van der Waals surface area contributed by atoms with Crippen LogP contribution in [0.2, 0.25) is 0 Å². The molecule has 35 heavy (non-hydrogen) atoms. The zero-order valence-corrected chi connectivity index (χ0v) is 23.5. The Morgan fingerprint density at radius 1 is 0.971 bits per heavy atom. The number of carbonyl (C=O) groups excluding carboxylic acids is 2. The lowest BCUT2D eigenvalue weighted by Gasteiger charge is -2.38. The zero-order valence-electron chi connectivity index (χ0n) is 20.3. The summed E-state index contributed by atoms with van der Waals surface area (Å²) in [6.45, 7) is 4.84. The number of aryl methyl sites for hydroxylation is 2. The summed E-state index contributed by atoms with van der Waals surface area (Å²) < 4.78 is 2.26. The van der Waals surface area contributed by atoms with Gasteiger partial charge in [-0.2, -0.15) is 0 Å². The summed E-state index contributed by atoms with van der Waals surface area (Å²) in [5, 5.41) is 0. The minimum absolute atomic E-state index is 0.145. The molecule has 1 aliphatic carbocycles. The molecule has 7 heteroatoms. The van der Waals surface area contributed by atoms with E-state index in [1.807, 2.05) is 11.1 Å². The minimum Gasteiger partial charge on any atom is -0.343 e. The summed E-state index contributed by atoms with van der Waals surface area (Å²) in [5.41, 5.74) is 5.35. The van der Waals surface area contributed by atoms with Crippen molar-refractivity contribution >= 4 is 43.7 Å². The number of halogens is 2. The number of aromatic nitrogens is 1. The molecule has 2 fully saturated rings. The number of hydrogen-bond acceptors (Lipinski definition) is 3. The Morgan fingerprint density at radius 2 is 1.66 bits per heavy atom. The molecule has 0 spiro atoms. The molecule has 0 N–H and O–H groups in total. The average molecular weight is 603 g/mol. The minimum atomic E-state index is 0.145. The highest BCUT2D eigenvalue weighted by Gasteiger charge is 2.36. The summed E-state index contributed by atoms with van der Waals surface area (Å²) in [6.07, 6.45) is 8.44. The summed E-state index contributed by atoms with van der Waals surface area (Å²) >= 11 is 7.57. The fourth-order valence-corrected chi connectivity index (χ4v) is 7.87. The van der Waals surface area contributed by atoms with Crippen LogP contribution >= 0.6 is 31.9 Å². The van der Waals surface area contributed by atoms with Gasteiger partial charge in [0.1, 0.15) is 0 Å². The van der Waals surface area contributed by atoms with Crippen LogP contribution in [0.25, 0.3) is 0 Å². The molecule has 1 atom stereocenters.